The number of hydrogen-bond donors (Lipinski definition) is 1. The molecule has 1 amide bonds. The van der Waals surface area contributed by atoms with Crippen molar-refractivity contribution in [3.8, 4) is 5.75 Å². The van der Waals surface area contributed by atoms with Gasteiger partial charge in [-0.05, 0) is 74.4 Å². The summed E-state index contributed by atoms with van der Waals surface area (Å²) < 4.78 is 34.9. The van der Waals surface area contributed by atoms with E-state index in [-0.39, 0.29) is 41.4 Å². The topological polar surface area (TPSA) is 116 Å². The number of rotatable bonds is 11. The van der Waals surface area contributed by atoms with Crippen LogP contribution in [0.3, 0.4) is 0 Å². The SMILES string of the molecule is Cc1ccc(S(=O)(=O)Oc2ccc(C(=O)COC(=O)CCCC(=O)Nc3ccc(C)c(Cl)c3)cc2)cc1. The van der Waals surface area contributed by atoms with Gasteiger partial charge < -0.3 is 14.2 Å². The number of benzene rings is 3. The highest BCUT2D eigenvalue weighted by atomic mass is 35.5. The molecule has 194 valence electrons. The number of ether oxygens (including phenoxy) is 1. The fourth-order valence-corrected chi connectivity index (χ4v) is 4.28. The minimum absolute atomic E-state index is 0.0159. The van der Waals surface area contributed by atoms with Crippen LogP contribution in [0.25, 0.3) is 0 Å². The summed E-state index contributed by atoms with van der Waals surface area (Å²) in [5, 5.41) is 3.25. The summed E-state index contributed by atoms with van der Waals surface area (Å²) >= 11 is 6.04. The molecule has 0 aliphatic carbocycles. The van der Waals surface area contributed by atoms with Gasteiger partial charge in [-0.2, -0.15) is 8.42 Å². The summed E-state index contributed by atoms with van der Waals surface area (Å²) in [5.74, 6) is -1.30. The van der Waals surface area contributed by atoms with Crippen LogP contribution in [0, 0.1) is 13.8 Å². The van der Waals surface area contributed by atoms with Gasteiger partial charge in [-0.1, -0.05) is 35.4 Å². The number of amides is 1. The van der Waals surface area contributed by atoms with Crippen molar-refractivity contribution in [2.24, 2.45) is 0 Å². The molecule has 0 aliphatic heterocycles. The molecule has 0 radical (unpaired) electrons. The maximum Gasteiger partial charge on any atom is 0.339 e. The molecule has 0 saturated heterocycles. The molecule has 1 N–H and O–H groups in total. The molecule has 0 spiro atoms. The van der Waals surface area contributed by atoms with E-state index in [2.05, 4.69) is 5.32 Å². The molecular formula is C27H26ClNO7S. The van der Waals surface area contributed by atoms with E-state index >= 15 is 0 Å². The predicted octanol–water partition coefficient (Wildman–Crippen LogP) is 5.26. The van der Waals surface area contributed by atoms with Crippen LogP contribution in [0.2, 0.25) is 5.02 Å². The van der Waals surface area contributed by atoms with Crippen molar-refractivity contribution in [2.75, 3.05) is 11.9 Å². The van der Waals surface area contributed by atoms with E-state index in [9.17, 15) is 22.8 Å². The van der Waals surface area contributed by atoms with Crippen molar-refractivity contribution in [3.63, 3.8) is 0 Å². The first kappa shape index (κ1) is 27.9. The van der Waals surface area contributed by atoms with Crippen LogP contribution in [-0.4, -0.2) is 32.7 Å². The second-order valence-corrected chi connectivity index (χ2v) is 10.3. The first-order valence-electron chi connectivity index (χ1n) is 11.4. The smallest absolute Gasteiger partial charge is 0.339 e. The summed E-state index contributed by atoms with van der Waals surface area (Å²) in [6.07, 6.45) is 0.320. The highest BCUT2D eigenvalue weighted by Gasteiger charge is 2.17. The Balaban J connectivity index is 1.41. The van der Waals surface area contributed by atoms with Gasteiger partial charge >= 0.3 is 16.1 Å². The standard InChI is InChI=1S/C27H26ClNO7S/c1-18-6-14-23(15-7-18)37(33,34)36-22-12-9-20(10-13-22)25(30)17-35-27(32)5-3-4-26(31)29-21-11-8-19(2)24(28)16-21/h6-16H,3-5,17H2,1-2H3,(H,29,31). The third-order valence-electron chi connectivity index (χ3n) is 5.30. The number of hydrogen-bond acceptors (Lipinski definition) is 7. The quantitative estimate of drug-likeness (QED) is 0.199. The van der Waals surface area contributed by atoms with Crippen molar-refractivity contribution < 1.29 is 31.7 Å². The van der Waals surface area contributed by atoms with Gasteiger partial charge in [0.15, 0.2) is 12.4 Å². The summed E-state index contributed by atoms with van der Waals surface area (Å²) in [4.78, 5) is 36.3. The zero-order chi connectivity index (χ0) is 27.0. The lowest BCUT2D eigenvalue weighted by molar-refractivity contribution is -0.142. The van der Waals surface area contributed by atoms with Gasteiger partial charge in [-0.15, -0.1) is 0 Å². The molecule has 3 aromatic carbocycles. The maximum absolute atomic E-state index is 12.4. The summed E-state index contributed by atoms with van der Waals surface area (Å²) in [6, 6.07) is 16.9. The Kier molecular flexibility index (Phi) is 9.43. The minimum atomic E-state index is -4.01. The first-order valence-corrected chi connectivity index (χ1v) is 13.2. The lowest BCUT2D eigenvalue weighted by Gasteiger charge is -2.08. The number of aryl methyl sites for hydroxylation is 2. The normalized spacial score (nSPS) is 11.0. The number of halogens is 1. The molecular weight excluding hydrogens is 518 g/mol. The Morgan fingerprint density at radius 2 is 1.57 bits per heavy atom. The molecule has 0 aliphatic rings. The molecule has 8 nitrogen and oxygen atoms in total. The lowest BCUT2D eigenvalue weighted by atomic mass is 10.1. The molecule has 3 rings (SSSR count). The molecule has 0 unspecified atom stereocenters. The fourth-order valence-electron chi connectivity index (χ4n) is 3.17. The van der Waals surface area contributed by atoms with E-state index in [1.54, 1.807) is 30.3 Å². The van der Waals surface area contributed by atoms with E-state index in [1.807, 2.05) is 13.8 Å². The monoisotopic (exact) mass is 543 g/mol. The zero-order valence-corrected chi connectivity index (χ0v) is 21.9. The zero-order valence-electron chi connectivity index (χ0n) is 20.3. The summed E-state index contributed by atoms with van der Waals surface area (Å²) in [7, 11) is -4.01. The Labute approximate surface area is 220 Å². The van der Waals surface area contributed by atoms with E-state index in [0.717, 1.165) is 11.1 Å². The van der Waals surface area contributed by atoms with Gasteiger partial charge in [0.05, 0.1) is 0 Å². The van der Waals surface area contributed by atoms with E-state index in [0.29, 0.717) is 10.7 Å². The van der Waals surface area contributed by atoms with Crippen molar-refractivity contribution in [1.82, 2.24) is 0 Å². The predicted molar refractivity (Wildman–Crippen MR) is 139 cm³/mol. The molecule has 0 saturated carbocycles. The van der Waals surface area contributed by atoms with Gasteiger partial charge in [-0.3, -0.25) is 14.4 Å². The molecule has 10 heteroatoms. The van der Waals surface area contributed by atoms with E-state index in [4.69, 9.17) is 20.5 Å². The average molecular weight is 544 g/mol. The molecule has 3 aromatic rings. The van der Waals surface area contributed by atoms with Crippen LogP contribution in [0.4, 0.5) is 5.69 Å². The number of anilines is 1. The largest absolute Gasteiger partial charge is 0.457 e. The highest BCUT2D eigenvalue weighted by molar-refractivity contribution is 7.87. The highest BCUT2D eigenvalue weighted by Crippen LogP contribution is 2.21. The second-order valence-electron chi connectivity index (χ2n) is 8.32. The van der Waals surface area contributed by atoms with Gasteiger partial charge in [0.25, 0.3) is 0 Å². The van der Waals surface area contributed by atoms with Gasteiger partial charge in [-0.25, -0.2) is 0 Å². The van der Waals surface area contributed by atoms with Gasteiger partial charge in [0.1, 0.15) is 10.6 Å². The number of carbonyl (C=O) groups excluding carboxylic acids is 3. The van der Waals surface area contributed by atoms with Crippen molar-refractivity contribution >= 4 is 45.1 Å². The molecule has 0 heterocycles. The number of ketones is 1. The van der Waals surface area contributed by atoms with E-state index < -0.39 is 28.5 Å². The molecule has 0 bridgehead atoms. The van der Waals surface area contributed by atoms with E-state index in [1.165, 1.54) is 36.4 Å². The van der Waals surface area contributed by atoms with Crippen molar-refractivity contribution in [3.05, 3.63) is 88.4 Å². The number of Topliss-reactive ketones (excluding diaryl/α,β-unsaturated/α-hetero) is 1. The van der Waals surface area contributed by atoms with Crippen molar-refractivity contribution in [1.29, 1.82) is 0 Å². The summed E-state index contributed by atoms with van der Waals surface area (Å²) in [6.45, 7) is 3.22. The van der Waals surface area contributed by atoms with Crippen LogP contribution in [0.5, 0.6) is 5.75 Å². The lowest BCUT2D eigenvalue weighted by Crippen LogP contribution is -2.15. The van der Waals surface area contributed by atoms with Crippen LogP contribution in [0.15, 0.2) is 71.6 Å². The molecule has 37 heavy (non-hydrogen) atoms. The molecule has 0 atom stereocenters. The first-order chi connectivity index (χ1) is 17.5. The third kappa shape index (κ3) is 8.44. The van der Waals surface area contributed by atoms with Crippen LogP contribution < -0.4 is 9.50 Å². The van der Waals surface area contributed by atoms with Crippen LogP contribution in [-0.2, 0) is 24.4 Å². The van der Waals surface area contributed by atoms with Crippen LogP contribution in [0.1, 0.15) is 40.7 Å². The third-order valence-corrected chi connectivity index (χ3v) is 6.97. The minimum Gasteiger partial charge on any atom is -0.457 e. The Morgan fingerprint density at radius 1 is 0.892 bits per heavy atom. The fraction of sp³-hybridized carbons (Fsp3) is 0.222. The Morgan fingerprint density at radius 3 is 2.22 bits per heavy atom. The van der Waals surface area contributed by atoms with Gasteiger partial charge in [0.2, 0.25) is 5.91 Å². The Bertz CT molecular complexity index is 1390. The number of carbonyl (C=O) groups is 3. The molecule has 0 aromatic heterocycles. The average Bonchev–Trinajstić information content (AvgIpc) is 2.85. The number of esters is 1. The maximum atomic E-state index is 12.4. The van der Waals surface area contributed by atoms with Gasteiger partial charge in [0, 0.05) is 29.1 Å². The van der Waals surface area contributed by atoms with Crippen molar-refractivity contribution in [2.45, 2.75) is 38.0 Å². The number of nitrogens with one attached hydrogen (secondary N) is 1. The summed E-state index contributed by atoms with van der Waals surface area (Å²) in [5.41, 5.74) is 2.60. The molecule has 0 fully saturated rings. The Hall–Kier alpha value is -3.69. The van der Waals surface area contributed by atoms with Crippen LogP contribution >= 0.6 is 11.6 Å². The second kappa shape index (κ2) is 12.5.